The monoisotopic (exact) mass is 500 g/mol. The summed E-state index contributed by atoms with van der Waals surface area (Å²) in [4.78, 5) is 32.3. The molecule has 1 aromatic carbocycles. The Kier molecular flexibility index (Phi) is 6.39. The van der Waals surface area contributed by atoms with E-state index in [1.807, 2.05) is 51.1 Å². The zero-order valence-corrected chi connectivity index (χ0v) is 20.9. The van der Waals surface area contributed by atoms with Crippen LogP contribution in [0, 0.1) is 17.2 Å². The number of nitriles is 1. The highest BCUT2D eigenvalue weighted by Crippen LogP contribution is 2.33. The van der Waals surface area contributed by atoms with Crippen molar-refractivity contribution in [1.82, 2.24) is 19.7 Å². The maximum Gasteiger partial charge on any atom is 0.335 e. The molecule has 1 saturated heterocycles. The number of aromatic amines is 1. The second-order valence-electron chi connectivity index (χ2n) is 10.2. The smallest absolute Gasteiger partial charge is 0.335 e. The number of fused-ring (bicyclic) bond motifs is 2. The van der Waals surface area contributed by atoms with Crippen LogP contribution in [0.2, 0.25) is 0 Å². The van der Waals surface area contributed by atoms with Gasteiger partial charge in [-0.05, 0) is 63.9 Å². The Labute approximate surface area is 213 Å². The van der Waals surface area contributed by atoms with Crippen LogP contribution in [0.15, 0.2) is 53.6 Å². The van der Waals surface area contributed by atoms with Crippen LogP contribution in [0.5, 0.6) is 0 Å². The maximum absolute atomic E-state index is 12.8. The molecular weight excluding hydrogens is 472 g/mol. The lowest BCUT2D eigenvalue weighted by atomic mass is 9.92. The van der Waals surface area contributed by atoms with E-state index in [0.29, 0.717) is 29.6 Å². The molecule has 4 heterocycles. The molecule has 4 aromatic rings. The molecule has 0 aliphatic carbocycles. The number of anilines is 2. The fraction of sp³-hybridized carbons (Fsp3) is 0.370. The zero-order valence-electron chi connectivity index (χ0n) is 20.9. The highest BCUT2D eigenvalue weighted by atomic mass is 16.6. The van der Waals surface area contributed by atoms with Gasteiger partial charge in [-0.15, -0.1) is 0 Å². The van der Waals surface area contributed by atoms with Crippen LogP contribution in [-0.4, -0.2) is 44.0 Å². The van der Waals surface area contributed by atoms with Crippen molar-refractivity contribution < 1.29 is 14.3 Å². The van der Waals surface area contributed by atoms with Gasteiger partial charge in [0.05, 0.1) is 23.7 Å². The Morgan fingerprint density at radius 1 is 1.30 bits per heavy atom. The summed E-state index contributed by atoms with van der Waals surface area (Å²) in [5.41, 5.74) is 1.22. The average molecular weight is 501 g/mol. The molecule has 10 heteroatoms. The van der Waals surface area contributed by atoms with Gasteiger partial charge in [-0.25, -0.2) is 9.48 Å². The van der Waals surface area contributed by atoms with Crippen molar-refractivity contribution in [2.75, 3.05) is 11.9 Å². The molecule has 0 bridgehead atoms. The van der Waals surface area contributed by atoms with Gasteiger partial charge in [-0.1, -0.05) is 6.07 Å². The molecule has 1 aliphatic rings. The molecule has 0 radical (unpaired) electrons. The number of benzene rings is 1. The van der Waals surface area contributed by atoms with Gasteiger partial charge in [-0.3, -0.25) is 9.78 Å². The maximum atomic E-state index is 12.8. The second-order valence-corrected chi connectivity index (χ2v) is 10.2. The van der Waals surface area contributed by atoms with Gasteiger partial charge in [0.15, 0.2) is 11.9 Å². The third-order valence-corrected chi connectivity index (χ3v) is 6.32. The minimum Gasteiger partial charge on any atom is -0.458 e. The highest BCUT2D eigenvalue weighted by Gasteiger charge is 2.36. The molecule has 0 saturated carbocycles. The Morgan fingerprint density at radius 3 is 2.86 bits per heavy atom. The van der Waals surface area contributed by atoms with Crippen molar-refractivity contribution >= 4 is 39.3 Å². The summed E-state index contributed by atoms with van der Waals surface area (Å²) < 4.78 is 12.9. The number of carbonyl (C=O) groups is 1. The first kappa shape index (κ1) is 24.5. The Hall–Kier alpha value is -4.23. The summed E-state index contributed by atoms with van der Waals surface area (Å²) in [5.74, 6) is -0.262. The van der Waals surface area contributed by atoms with Crippen LogP contribution in [-0.2, 0) is 14.3 Å². The van der Waals surface area contributed by atoms with Gasteiger partial charge in [0.25, 0.3) is 5.56 Å². The van der Waals surface area contributed by atoms with Gasteiger partial charge < -0.3 is 19.8 Å². The third-order valence-electron chi connectivity index (χ3n) is 6.32. The molecule has 3 atom stereocenters. The average Bonchev–Trinajstić information content (AvgIpc) is 3.23. The van der Waals surface area contributed by atoms with E-state index in [4.69, 9.17) is 9.47 Å². The quantitative estimate of drug-likeness (QED) is 0.389. The molecule has 2 N–H and O–H groups in total. The molecule has 0 amide bonds. The minimum atomic E-state index is -0.694. The number of hydrogen-bond acceptors (Lipinski definition) is 8. The molecule has 3 aromatic heterocycles. The summed E-state index contributed by atoms with van der Waals surface area (Å²) in [5, 5.41) is 19.4. The first-order valence-electron chi connectivity index (χ1n) is 12.2. The zero-order chi connectivity index (χ0) is 26.2. The predicted octanol–water partition coefficient (Wildman–Crippen LogP) is 4.22. The topological polar surface area (TPSA) is 135 Å². The number of aromatic nitrogens is 4. The van der Waals surface area contributed by atoms with Gasteiger partial charge in [0, 0.05) is 29.4 Å². The number of nitrogens with zero attached hydrogens (tertiary/aromatic N) is 4. The van der Waals surface area contributed by atoms with E-state index in [-0.39, 0.29) is 18.1 Å². The van der Waals surface area contributed by atoms with E-state index in [1.165, 1.54) is 0 Å². The normalized spacial score (nSPS) is 18.9. The number of esters is 1. The lowest BCUT2D eigenvalue weighted by molar-refractivity contribution is -0.173. The molecular formula is C27H28N6O4. The molecule has 2 unspecified atom stereocenters. The number of pyridine rings is 2. The number of carbonyl (C=O) groups excluding carboxylic acids is 1. The first-order chi connectivity index (χ1) is 17.7. The summed E-state index contributed by atoms with van der Waals surface area (Å²) >= 11 is 0. The van der Waals surface area contributed by atoms with Crippen LogP contribution in [0.3, 0.4) is 0 Å². The van der Waals surface area contributed by atoms with Gasteiger partial charge >= 0.3 is 5.97 Å². The molecule has 10 nitrogen and oxygen atoms in total. The summed E-state index contributed by atoms with van der Waals surface area (Å²) in [7, 11) is 0. The lowest BCUT2D eigenvalue weighted by Gasteiger charge is -2.32. The molecule has 190 valence electrons. The van der Waals surface area contributed by atoms with E-state index in [9.17, 15) is 14.9 Å². The number of rotatable bonds is 5. The summed E-state index contributed by atoms with van der Waals surface area (Å²) in [6, 6.07) is 12.9. The van der Waals surface area contributed by atoms with Crippen LogP contribution in [0.25, 0.3) is 21.8 Å². The van der Waals surface area contributed by atoms with Gasteiger partial charge in [-0.2, -0.15) is 10.4 Å². The lowest BCUT2D eigenvalue weighted by Crippen LogP contribution is -2.39. The SMILES string of the molecule is CC(C)(C)OC(=O)C1CC[C@H](C(C#N)n2nc(Nc3ccc4ncccc4c3)c3c(=O)[nH]ccc32)CO1. The second kappa shape index (κ2) is 9.67. The molecule has 1 aliphatic heterocycles. The Bertz CT molecular complexity index is 1550. The fourth-order valence-corrected chi connectivity index (χ4v) is 4.62. The minimum absolute atomic E-state index is 0.202. The van der Waals surface area contributed by atoms with Crippen LogP contribution in [0.4, 0.5) is 11.5 Å². The molecule has 0 spiro atoms. The highest BCUT2D eigenvalue weighted by molar-refractivity contribution is 5.92. The third kappa shape index (κ3) is 5.04. The van der Waals surface area contributed by atoms with E-state index in [0.717, 1.165) is 16.6 Å². The fourth-order valence-electron chi connectivity index (χ4n) is 4.62. The van der Waals surface area contributed by atoms with Crippen molar-refractivity contribution in [3.05, 3.63) is 59.1 Å². The first-order valence-corrected chi connectivity index (χ1v) is 12.2. The number of H-pyrrole nitrogens is 1. The van der Waals surface area contributed by atoms with E-state index in [2.05, 4.69) is 26.5 Å². The largest absolute Gasteiger partial charge is 0.458 e. The Morgan fingerprint density at radius 2 is 2.14 bits per heavy atom. The van der Waals surface area contributed by atoms with Crippen LogP contribution < -0.4 is 10.9 Å². The summed E-state index contributed by atoms with van der Waals surface area (Å²) in [6.07, 6.45) is 3.63. The molecule has 37 heavy (non-hydrogen) atoms. The van der Waals surface area contributed by atoms with Crippen molar-refractivity contribution in [3.63, 3.8) is 0 Å². The Balaban J connectivity index is 1.42. The van der Waals surface area contributed by atoms with E-state index < -0.39 is 23.7 Å². The predicted molar refractivity (Wildman–Crippen MR) is 138 cm³/mol. The molecule has 5 rings (SSSR count). The van der Waals surface area contributed by atoms with Gasteiger partial charge in [0.2, 0.25) is 0 Å². The van der Waals surface area contributed by atoms with E-state index >= 15 is 0 Å². The molecule has 1 fully saturated rings. The van der Waals surface area contributed by atoms with E-state index in [1.54, 1.807) is 23.1 Å². The number of ether oxygens (including phenoxy) is 2. The van der Waals surface area contributed by atoms with Crippen molar-refractivity contribution in [1.29, 1.82) is 5.26 Å². The van der Waals surface area contributed by atoms with Crippen LogP contribution in [0.1, 0.15) is 39.7 Å². The number of hydrogen-bond donors (Lipinski definition) is 2. The van der Waals surface area contributed by atoms with Crippen molar-refractivity contribution in [3.8, 4) is 6.07 Å². The number of nitrogens with one attached hydrogen (secondary N) is 2. The van der Waals surface area contributed by atoms with Gasteiger partial charge in [0.1, 0.15) is 17.0 Å². The van der Waals surface area contributed by atoms with Crippen molar-refractivity contribution in [2.45, 2.75) is 51.4 Å². The van der Waals surface area contributed by atoms with Crippen molar-refractivity contribution in [2.24, 2.45) is 5.92 Å². The van der Waals surface area contributed by atoms with Crippen LogP contribution >= 0.6 is 0 Å². The summed E-state index contributed by atoms with van der Waals surface area (Å²) in [6.45, 7) is 5.64. The standard InChI is InChI=1S/C27H28N6O4/c1-27(2,3)37-26(35)22-9-6-17(15-36-22)21(14-28)33-20-10-12-30-25(34)23(20)24(32-33)31-18-7-8-19-16(13-18)5-4-11-29-19/h4-5,7-8,10-13,17,21-22H,6,9,15H2,1-3H3,(H,30,34)(H,31,32)/t17-,21?,22?/m0/s1.